The average Bonchev–Trinajstić information content (AvgIpc) is 3.37. The third-order valence-corrected chi connectivity index (χ3v) is 9.61. The first kappa shape index (κ1) is 32.4. The monoisotopic (exact) mass is 653 g/mol. The van der Waals surface area contributed by atoms with Crippen molar-refractivity contribution in [3.8, 4) is 11.4 Å². The predicted molar refractivity (Wildman–Crippen MR) is 157 cm³/mol. The predicted octanol–water partition coefficient (Wildman–Crippen LogP) is 6.32. The van der Waals surface area contributed by atoms with Crippen LogP contribution in [0.1, 0.15) is 37.6 Å². The Balaban J connectivity index is 1.72. The zero-order valence-electron chi connectivity index (χ0n) is 23.4. The second-order valence-electron chi connectivity index (χ2n) is 10.0. The van der Waals surface area contributed by atoms with Crippen LogP contribution in [0, 0.1) is 17.5 Å². The number of sulfonamides is 1. The van der Waals surface area contributed by atoms with E-state index in [1.54, 1.807) is 35.0 Å². The number of aliphatic carboxylic acids is 1. The zero-order chi connectivity index (χ0) is 31.7. The van der Waals surface area contributed by atoms with Crippen molar-refractivity contribution in [2.24, 2.45) is 0 Å². The van der Waals surface area contributed by atoms with Crippen LogP contribution in [0.4, 0.5) is 13.2 Å². The number of nitrogens with one attached hydrogen (secondary N) is 1. The number of benzene rings is 3. The van der Waals surface area contributed by atoms with Gasteiger partial charge in [-0.05, 0) is 61.0 Å². The molecule has 0 bridgehead atoms. The normalized spacial score (nSPS) is 12.7. The highest BCUT2D eigenvalue weighted by Gasteiger charge is 2.31. The Bertz CT molecular complexity index is 1760. The van der Waals surface area contributed by atoms with Crippen LogP contribution >= 0.6 is 23.4 Å². The van der Waals surface area contributed by atoms with E-state index < -0.39 is 55.4 Å². The third kappa shape index (κ3) is 6.85. The van der Waals surface area contributed by atoms with Crippen LogP contribution in [0.5, 0.6) is 5.75 Å². The van der Waals surface area contributed by atoms with Crippen LogP contribution in [0.25, 0.3) is 5.69 Å². The molecule has 0 fully saturated rings. The standard InChI is InChI=1S/C29H27ClF3N3O5S2/c1-16(27(37)38)35-43(39,40)20-12-23(32)21(24(33)13-20)15-42-28-34-14-26(36(28)19-8-6-18(31)7-9-19)29(2,3)17-5-10-22(30)25(11-17)41-4/h5-14,16,35H,15H2,1-4H3,(H,37,38). The van der Waals surface area contributed by atoms with Crippen molar-refractivity contribution >= 4 is 39.4 Å². The summed E-state index contributed by atoms with van der Waals surface area (Å²) in [5.74, 6) is -3.98. The van der Waals surface area contributed by atoms with Gasteiger partial charge in [0.1, 0.15) is 29.2 Å². The number of halogens is 4. The topological polar surface area (TPSA) is 111 Å². The van der Waals surface area contributed by atoms with Gasteiger partial charge < -0.3 is 9.84 Å². The van der Waals surface area contributed by atoms with Crippen molar-refractivity contribution in [2.45, 2.75) is 48.0 Å². The first-order chi connectivity index (χ1) is 20.1. The fraction of sp³-hybridized carbons (Fsp3) is 0.241. The molecule has 1 atom stereocenters. The molecule has 1 heterocycles. The van der Waals surface area contributed by atoms with E-state index in [1.165, 1.54) is 19.2 Å². The van der Waals surface area contributed by atoms with Gasteiger partial charge in [0.25, 0.3) is 0 Å². The van der Waals surface area contributed by atoms with Crippen molar-refractivity contribution in [1.29, 1.82) is 0 Å². The summed E-state index contributed by atoms with van der Waals surface area (Å²) in [5.41, 5.74) is 0.934. The molecule has 3 aromatic carbocycles. The van der Waals surface area contributed by atoms with Gasteiger partial charge in [-0.25, -0.2) is 26.6 Å². The van der Waals surface area contributed by atoms with E-state index >= 15 is 8.78 Å². The SMILES string of the molecule is COc1cc(C(C)(C)c2cnc(SCc3c(F)cc(S(=O)(=O)NC(C)C(=O)O)cc3F)n2-c2ccc(F)cc2)ccc1Cl. The minimum absolute atomic E-state index is 0.274. The molecule has 0 aliphatic carbocycles. The fourth-order valence-corrected chi connectivity index (χ4v) is 6.70. The molecule has 14 heteroatoms. The Morgan fingerprint density at radius 2 is 1.74 bits per heavy atom. The lowest BCUT2D eigenvalue weighted by molar-refractivity contribution is -0.138. The fourth-order valence-electron chi connectivity index (χ4n) is 4.27. The maximum atomic E-state index is 15.1. The number of ether oxygens (including phenoxy) is 1. The third-order valence-electron chi connectivity index (χ3n) is 6.80. The molecule has 2 N–H and O–H groups in total. The van der Waals surface area contributed by atoms with Gasteiger partial charge in [-0.1, -0.05) is 43.3 Å². The lowest BCUT2D eigenvalue weighted by Crippen LogP contribution is -2.38. The molecule has 0 saturated heterocycles. The second-order valence-corrected chi connectivity index (χ2v) is 13.1. The van der Waals surface area contributed by atoms with Gasteiger partial charge in [-0.3, -0.25) is 9.36 Å². The maximum absolute atomic E-state index is 15.1. The van der Waals surface area contributed by atoms with Gasteiger partial charge in [0, 0.05) is 22.4 Å². The van der Waals surface area contributed by atoms with E-state index in [0.717, 1.165) is 24.2 Å². The Kier molecular flexibility index (Phi) is 9.50. The van der Waals surface area contributed by atoms with Gasteiger partial charge in [0.15, 0.2) is 5.16 Å². The molecule has 0 spiro atoms. The number of hydrogen-bond acceptors (Lipinski definition) is 6. The number of hydrogen-bond donors (Lipinski definition) is 2. The number of carbonyl (C=O) groups is 1. The van der Waals surface area contributed by atoms with E-state index in [9.17, 15) is 17.6 Å². The first-order valence-corrected chi connectivity index (χ1v) is 15.5. The summed E-state index contributed by atoms with van der Waals surface area (Å²) in [7, 11) is -3.01. The van der Waals surface area contributed by atoms with Gasteiger partial charge in [0.05, 0.1) is 28.9 Å². The molecule has 228 valence electrons. The summed E-state index contributed by atoms with van der Waals surface area (Å²) in [4.78, 5) is 14.8. The molecule has 4 aromatic rings. The zero-order valence-corrected chi connectivity index (χ0v) is 25.7. The van der Waals surface area contributed by atoms with Crippen molar-refractivity contribution < 1.29 is 36.2 Å². The van der Waals surface area contributed by atoms with E-state index in [-0.39, 0.29) is 5.75 Å². The number of aromatic nitrogens is 2. The molecular formula is C29H27ClF3N3O5S2. The van der Waals surface area contributed by atoms with Crippen molar-refractivity contribution in [3.63, 3.8) is 0 Å². The van der Waals surface area contributed by atoms with Gasteiger partial charge in [0.2, 0.25) is 10.0 Å². The van der Waals surface area contributed by atoms with E-state index in [0.29, 0.717) is 39.4 Å². The van der Waals surface area contributed by atoms with E-state index in [1.807, 2.05) is 24.6 Å². The van der Waals surface area contributed by atoms with Crippen LogP contribution in [0.2, 0.25) is 5.02 Å². The summed E-state index contributed by atoms with van der Waals surface area (Å²) in [6.45, 7) is 4.97. The highest BCUT2D eigenvalue weighted by Crippen LogP contribution is 2.39. The van der Waals surface area contributed by atoms with E-state index in [4.69, 9.17) is 21.4 Å². The van der Waals surface area contributed by atoms with Crippen molar-refractivity contribution in [1.82, 2.24) is 14.3 Å². The molecule has 4 rings (SSSR count). The van der Waals surface area contributed by atoms with Crippen LogP contribution in [-0.4, -0.2) is 42.2 Å². The summed E-state index contributed by atoms with van der Waals surface area (Å²) in [5, 5.41) is 9.75. The van der Waals surface area contributed by atoms with Crippen molar-refractivity contribution in [2.75, 3.05) is 7.11 Å². The Morgan fingerprint density at radius 1 is 1.12 bits per heavy atom. The second kappa shape index (κ2) is 12.6. The highest BCUT2D eigenvalue weighted by atomic mass is 35.5. The molecule has 43 heavy (non-hydrogen) atoms. The number of rotatable bonds is 11. The van der Waals surface area contributed by atoms with Crippen molar-refractivity contribution in [3.05, 3.63) is 100 Å². The number of thioether (sulfide) groups is 1. The molecule has 1 unspecified atom stereocenters. The van der Waals surface area contributed by atoms with Crippen LogP contribution in [-0.2, 0) is 26.0 Å². The van der Waals surface area contributed by atoms with Crippen LogP contribution in [0.15, 0.2) is 70.8 Å². The average molecular weight is 654 g/mol. The number of nitrogens with zero attached hydrogens (tertiary/aromatic N) is 2. The number of carboxylic acid groups (broad SMARTS) is 1. The molecule has 0 aliphatic heterocycles. The number of imidazole rings is 1. The summed E-state index contributed by atoms with van der Waals surface area (Å²) < 4.78 is 77.9. The molecule has 1 aromatic heterocycles. The maximum Gasteiger partial charge on any atom is 0.321 e. The summed E-state index contributed by atoms with van der Waals surface area (Å²) >= 11 is 7.22. The molecule has 0 radical (unpaired) electrons. The molecular weight excluding hydrogens is 627 g/mol. The van der Waals surface area contributed by atoms with Crippen LogP contribution in [0.3, 0.4) is 0 Å². The minimum atomic E-state index is -4.51. The quantitative estimate of drug-likeness (QED) is 0.182. The summed E-state index contributed by atoms with van der Waals surface area (Å²) in [6.07, 6.45) is 1.62. The Hall–Kier alpha value is -3.52. The molecule has 8 nitrogen and oxygen atoms in total. The van der Waals surface area contributed by atoms with Gasteiger partial charge in [-0.2, -0.15) is 4.72 Å². The molecule has 0 aliphatic rings. The smallest absolute Gasteiger partial charge is 0.321 e. The number of carboxylic acids is 1. The molecule has 0 amide bonds. The Labute approximate surface area is 255 Å². The number of methoxy groups -OCH3 is 1. The highest BCUT2D eigenvalue weighted by molar-refractivity contribution is 7.98. The largest absolute Gasteiger partial charge is 0.495 e. The lowest BCUT2D eigenvalue weighted by atomic mass is 9.81. The lowest BCUT2D eigenvalue weighted by Gasteiger charge is -2.28. The Morgan fingerprint density at radius 3 is 2.33 bits per heavy atom. The minimum Gasteiger partial charge on any atom is -0.495 e. The first-order valence-electron chi connectivity index (χ1n) is 12.7. The molecule has 0 saturated carbocycles. The van der Waals surface area contributed by atoms with Gasteiger partial charge in [-0.15, -0.1) is 0 Å². The van der Waals surface area contributed by atoms with Crippen LogP contribution < -0.4 is 9.46 Å². The van der Waals surface area contributed by atoms with Gasteiger partial charge >= 0.3 is 5.97 Å². The van der Waals surface area contributed by atoms with E-state index in [2.05, 4.69) is 4.98 Å². The summed E-state index contributed by atoms with van der Waals surface area (Å²) in [6, 6.07) is 10.8.